The molecule has 298 valence electrons. The van der Waals surface area contributed by atoms with E-state index in [0.29, 0.717) is 51.9 Å². The Morgan fingerprint density at radius 1 is 0.732 bits per heavy atom. The van der Waals surface area contributed by atoms with E-state index in [2.05, 4.69) is 33.4 Å². The Kier molecular flexibility index (Phi) is 13.5. The van der Waals surface area contributed by atoms with Gasteiger partial charge in [0.25, 0.3) is 0 Å². The second kappa shape index (κ2) is 18.6. The van der Waals surface area contributed by atoms with Crippen molar-refractivity contribution in [3.8, 4) is 0 Å². The molecule has 0 bridgehead atoms. The number of anilines is 1. The largest absolute Gasteiger partial charge is 0.355 e. The minimum atomic E-state index is -1.23. The predicted molar refractivity (Wildman–Crippen MR) is 218 cm³/mol. The minimum Gasteiger partial charge on any atom is -0.355 e. The van der Waals surface area contributed by atoms with Crippen molar-refractivity contribution in [1.29, 1.82) is 0 Å². The van der Waals surface area contributed by atoms with Gasteiger partial charge in [0.1, 0.15) is 12.1 Å². The van der Waals surface area contributed by atoms with Crippen LogP contribution in [0.4, 0.5) is 10.5 Å². The number of carbonyl (C=O) groups excluding carboxylic acids is 5. The van der Waals surface area contributed by atoms with Crippen molar-refractivity contribution >= 4 is 35.3 Å². The average molecular weight is 763 g/mol. The van der Waals surface area contributed by atoms with Crippen LogP contribution >= 0.6 is 0 Å². The fourth-order valence-electron chi connectivity index (χ4n) is 8.06. The Morgan fingerprint density at radius 3 is 2.16 bits per heavy atom. The number of nitrogens with one attached hydrogen (secondary N) is 4. The van der Waals surface area contributed by atoms with Gasteiger partial charge in [0.15, 0.2) is 0 Å². The van der Waals surface area contributed by atoms with Gasteiger partial charge in [-0.3, -0.25) is 19.2 Å². The fourth-order valence-corrected chi connectivity index (χ4v) is 8.06. The zero-order valence-corrected chi connectivity index (χ0v) is 33.2. The number of para-hydroxylation sites is 1. The van der Waals surface area contributed by atoms with E-state index >= 15 is 0 Å². The number of carbonyl (C=O) groups is 5. The quantitative estimate of drug-likeness (QED) is 0.190. The first-order valence-electron chi connectivity index (χ1n) is 20.4. The summed E-state index contributed by atoms with van der Waals surface area (Å²) in [6.45, 7) is 7.75. The van der Waals surface area contributed by atoms with Crippen molar-refractivity contribution in [3.05, 3.63) is 101 Å². The van der Waals surface area contributed by atoms with E-state index in [0.717, 1.165) is 48.9 Å². The Balaban J connectivity index is 1.13. The van der Waals surface area contributed by atoms with E-state index in [-0.39, 0.29) is 41.5 Å². The molecule has 4 N–H and O–H groups in total. The lowest BCUT2D eigenvalue weighted by molar-refractivity contribution is -0.132. The Labute approximate surface area is 331 Å². The predicted octanol–water partition coefficient (Wildman–Crippen LogP) is 5.62. The van der Waals surface area contributed by atoms with Gasteiger partial charge in [-0.1, -0.05) is 93.6 Å². The van der Waals surface area contributed by atoms with Crippen molar-refractivity contribution in [2.24, 2.45) is 11.3 Å². The number of urea groups is 1. The molecule has 3 aromatic carbocycles. The fraction of sp³-hybridized carbons (Fsp3) is 0.489. The Morgan fingerprint density at radius 2 is 1.41 bits per heavy atom. The van der Waals surface area contributed by atoms with E-state index in [1.807, 2.05) is 92.4 Å². The molecule has 1 saturated heterocycles. The molecule has 56 heavy (non-hydrogen) atoms. The number of rotatable bonds is 12. The summed E-state index contributed by atoms with van der Waals surface area (Å²) >= 11 is 0. The Bertz CT molecular complexity index is 1850. The van der Waals surface area contributed by atoms with Crippen LogP contribution in [0.3, 0.4) is 0 Å². The second-order valence-corrected chi connectivity index (χ2v) is 16.8. The van der Waals surface area contributed by atoms with E-state index in [4.69, 9.17) is 0 Å². The first-order chi connectivity index (χ1) is 26.9. The summed E-state index contributed by atoms with van der Waals surface area (Å²) in [6, 6.07) is 23.2. The summed E-state index contributed by atoms with van der Waals surface area (Å²) < 4.78 is 0. The molecule has 0 spiro atoms. The highest BCUT2D eigenvalue weighted by Crippen LogP contribution is 2.31. The first kappa shape index (κ1) is 40.5. The number of aryl methyl sites for hydroxylation is 3. The maximum Gasteiger partial charge on any atom is 0.318 e. The van der Waals surface area contributed by atoms with Gasteiger partial charge in [-0.15, -0.1) is 0 Å². The number of benzene rings is 3. The molecule has 6 rings (SSSR count). The summed E-state index contributed by atoms with van der Waals surface area (Å²) in [7, 11) is 0. The third-order valence-corrected chi connectivity index (χ3v) is 11.2. The second-order valence-electron chi connectivity index (χ2n) is 16.8. The number of fused-ring (bicyclic) bond motifs is 2. The van der Waals surface area contributed by atoms with Crippen molar-refractivity contribution in [1.82, 2.24) is 26.2 Å². The molecule has 3 aliphatic rings. The normalized spacial score (nSPS) is 18.1. The maximum atomic E-state index is 14.2. The molecular formula is C45H58N6O5. The molecule has 6 amide bonds. The van der Waals surface area contributed by atoms with Crippen LogP contribution in [0.15, 0.2) is 78.9 Å². The highest BCUT2D eigenvalue weighted by Gasteiger charge is 2.35. The molecule has 0 saturated carbocycles. The molecule has 2 aliphatic heterocycles. The van der Waals surface area contributed by atoms with Gasteiger partial charge in [0.2, 0.25) is 23.6 Å². The van der Waals surface area contributed by atoms with Crippen LogP contribution in [0.2, 0.25) is 0 Å². The summed E-state index contributed by atoms with van der Waals surface area (Å²) in [4.78, 5) is 72.4. The van der Waals surface area contributed by atoms with Crippen molar-refractivity contribution in [2.45, 2.75) is 103 Å². The monoisotopic (exact) mass is 762 g/mol. The molecule has 0 radical (unpaired) electrons. The summed E-state index contributed by atoms with van der Waals surface area (Å²) in [5.41, 5.74) is 5.30. The standard InChI is InChI=1S/C45H58N6O5/c1-45(2,3)30-46-40(52)29-38(49-44(56)50-27-24-34(25-28-50)43(55)51-26-12-18-33-16-8-10-21-39(33)51)42(54)48-37(23-22-31-13-5-4-6-14-31)41(53)47-36-20-11-17-32-15-7-9-19-35(32)36/h4-10,13-16,19,21,34,36-38H,11-12,17-18,20,22-30H2,1-3H3,(H,46,52)(H,47,53)(H,48,54)(H,49,56)/t36-,37+,38+/m1/s1. The molecule has 1 aliphatic carbocycles. The highest BCUT2D eigenvalue weighted by molar-refractivity contribution is 5.97. The van der Waals surface area contributed by atoms with Crippen molar-refractivity contribution in [2.75, 3.05) is 31.1 Å². The number of likely N-dealkylation sites (tertiary alicyclic amines) is 1. The van der Waals surface area contributed by atoms with E-state index < -0.39 is 24.0 Å². The van der Waals surface area contributed by atoms with Crippen molar-refractivity contribution in [3.63, 3.8) is 0 Å². The maximum absolute atomic E-state index is 14.2. The van der Waals surface area contributed by atoms with Crippen LogP contribution in [0.5, 0.6) is 0 Å². The van der Waals surface area contributed by atoms with Crippen LogP contribution in [0, 0.1) is 11.3 Å². The Hall–Kier alpha value is -5.19. The molecule has 2 heterocycles. The van der Waals surface area contributed by atoms with Crippen LogP contribution in [0.25, 0.3) is 0 Å². The van der Waals surface area contributed by atoms with Crippen LogP contribution in [-0.2, 0) is 38.4 Å². The lowest BCUT2D eigenvalue weighted by Gasteiger charge is -2.36. The smallest absolute Gasteiger partial charge is 0.318 e. The van der Waals surface area contributed by atoms with Crippen LogP contribution in [-0.4, -0.2) is 72.8 Å². The molecule has 3 atom stereocenters. The van der Waals surface area contributed by atoms with Gasteiger partial charge >= 0.3 is 6.03 Å². The third kappa shape index (κ3) is 10.8. The van der Waals surface area contributed by atoms with E-state index in [1.54, 1.807) is 4.90 Å². The molecule has 0 unspecified atom stereocenters. The van der Waals surface area contributed by atoms with Crippen molar-refractivity contribution < 1.29 is 24.0 Å². The third-order valence-electron chi connectivity index (χ3n) is 11.2. The minimum absolute atomic E-state index is 0.0847. The number of amides is 6. The summed E-state index contributed by atoms with van der Waals surface area (Å²) in [6.07, 6.45) is 6.14. The van der Waals surface area contributed by atoms with E-state index in [1.165, 1.54) is 11.1 Å². The molecule has 11 nitrogen and oxygen atoms in total. The van der Waals surface area contributed by atoms with Crippen LogP contribution in [0.1, 0.15) is 94.0 Å². The summed E-state index contributed by atoms with van der Waals surface area (Å²) in [5, 5.41) is 11.9. The molecule has 1 fully saturated rings. The summed E-state index contributed by atoms with van der Waals surface area (Å²) in [5.74, 6) is -1.42. The topological polar surface area (TPSA) is 140 Å². The highest BCUT2D eigenvalue weighted by atomic mass is 16.2. The lowest BCUT2D eigenvalue weighted by atomic mass is 9.87. The van der Waals surface area contributed by atoms with Gasteiger partial charge in [-0.05, 0) is 91.5 Å². The van der Waals surface area contributed by atoms with E-state index in [9.17, 15) is 24.0 Å². The number of nitrogens with zero attached hydrogens (tertiary/aromatic N) is 2. The molecule has 3 aromatic rings. The number of piperidine rings is 1. The van der Waals surface area contributed by atoms with Gasteiger partial charge in [-0.2, -0.15) is 0 Å². The van der Waals surface area contributed by atoms with Crippen LogP contribution < -0.4 is 26.2 Å². The number of hydrogen-bond acceptors (Lipinski definition) is 5. The van der Waals surface area contributed by atoms with Gasteiger partial charge in [0.05, 0.1) is 12.5 Å². The van der Waals surface area contributed by atoms with Gasteiger partial charge < -0.3 is 31.1 Å². The zero-order valence-electron chi connectivity index (χ0n) is 33.2. The average Bonchev–Trinajstić information content (AvgIpc) is 3.21. The molecule has 0 aromatic heterocycles. The van der Waals surface area contributed by atoms with Gasteiger partial charge in [0, 0.05) is 37.8 Å². The molecular weight excluding hydrogens is 705 g/mol. The SMILES string of the molecule is CC(C)(C)CNC(=O)C[C@H](NC(=O)N1CCC(C(=O)N2CCCc3ccccc32)CC1)C(=O)N[C@@H](CCc1ccccc1)C(=O)N[C@@H]1CCCc2ccccc21. The first-order valence-corrected chi connectivity index (χ1v) is 20.4. The molecule has 11 heteroatoms. The number of hydrogen-bond donors (Lipinski definition) is 4. The van der Waals surface area contributed by atoms with Gasteiger partial charge in [-0.25, -0.2) is 4.79 Å². The zero-order chi connectivity index (χ0) is 39.7. The lowest BCUT2D eigenvalue weighted by Crippen LogP contribution is -2.57.